The highest BCUT2D eigenvalue weighted by Crippen LogP contribution is 2.48. The fourth-order valence-electron chi connectivity index (χ4n) is 3.45. The van der Waals surface area contributed by atoms with Crippen LogP contribution in [0.15, 0.2) is 12.2 Å². The van der Waals surface area contributed by atoms with Gasteiger partial charge in [0.25, 0.3) is 0 Å². The third kappa shape index (κ3) is 2.43. The smallest absolute Gasteiger partial charge is 0.307 e. The van der Waals surface area contributed by atoms with Gasteiger partial charge in [0.15, 0.2) is 0 Å². The first-order chi connectivity index (χ1) is 9.49. The molecule has 5 atom stereocenters. The third-order valence-electron chi connectivity index (χ3n) is 4.44. The lowest BCUT2D eigenvalue weighted by molar-refractivity contribution is -0.151. The van der Waals surface area contributed by atoms with E-state index in [1.54, 1.807) is 11.8 Å². The first kappa shape index (κ1) is 14.6. The number of hydrogen-bond donors (Lipinski definition) is 1. The van der Waals surface area contributed by atoms with Crippen LogP contribution < -0.4 is 0 Å². The Kier molecular flexibility index (Phi) is 4.12. The van der Waals surface area contributed by atoms with Gasteiger partial charge in [-0.1, -0.05) is 12.2 Å². The summed E-state index contributed by atoms with van der Waals surface area (Å²) in [6, 6.07) is 2.12. The third-order valence-corrected chi connectivity index (χ3v) is 4.44. The monoisotopic (exact) mass is 276 g/mol. The lowest BCUT2D eigenvalue weighted by Gasteiger charge is -2.30. The Morgan fingerprint density at radius 2 is 2.00 bits per heavy atom. The van der Waals surface area contributed by atoms with Crippen molar-refractivity contribution in [3.63, 3.8) is 0 Å². The van der Waals surface area contributed by atoms with Crippen molar-refractivity contribution in [1.29, 1.82) is 5.26 Å². The first-order valence-electron chi connectivity index (χ1n) is 7.09. The number of fused-ring (bicyclic) bond motifs is 2. The summed E-state index contributed by atoms with van der Waals surface area (Å²) in [5.41, 5.74) is 0. The number of rotatable bonds is 5. The Labute approximate surface area is 118 Å². The molecule has 1 amide bonds. The molecule has 5 nitrogen and oxygen atoms in total. The molecule has 0 saturated heterocycles. The van der Waals surface area contributed by atoms with Gasteiger partial charge in [-0.2, -0.15) is 5.26 Å². The summed E-state index contributed by atoms with van der Waals surface area (Å²) in [6.45, 7) is 4.51. The number of carboxylic acids is 1. The Morgan fingerprint density at radius 1 is 1.40 bits per heavy atom. The van der Waals surface area contributed by atoms with E-state index in [2.05, 4.69) is 6.07 Å². The molecule has 2 bridgehead atoms. The van der Waals surface area contributed by atoms with Crippen LogP contribution in [0.1, 0.15) is 20.3 Å². The molecule has 0 aromatic heterocycles. The van der Waals surface area contributed by atoms with Crippen LogP contribution in [-0.2, 0) is 9.59 Å². The zero-order valence-electron chi connectivity index (χ0n) is 11.8. The molecule has 1 N–H and O–H groups in total. The van der Waals surface area contributed by atoms with E-state index in [1.807, 2.05) is 19.1 Å². The van der Waals surface area contributed by atoms with Gasteiger partial charge in [0.2, 0.25) is 5.91 Å². The molecule has 2 aliphatic rings. The van der Waals surface area contributed by atoms with Crippen molar-refractivity contribution in [2.45, 2.75) is 20.3 Å². The maximum atomic E-state index is 12.7. The number of aliphatic carboxylic acids is 1. The highest BCUT2D eigenvalue weighted by molar-refractivity contribution is 5.87. The quantitative estimate of drug-likeness (QED) is 0.772. The number of allylic oxidation sites excluding steroid dienone is 2. The molecule has 5 unspecified atom stereocenters. The predicted molar refractivity (Wildman–Crippen MR) is 72.4 cm³/mol. The van der Waals surface area contributed by atoms with E-state index in [4.69, 9.17) is 5.26 Å². The van der Waals surface area contributed by atoms with Gasteiger partial charge in [-0.15, -0.1) is 0 Å². The highest BCUT2D eigenvalue weighted by Gasteiger charge is 2.52. The van der Waals surface area contributed by atoms with Crippen LogP contribution in [0.2, 0.25) is 0 Å². The largest absolute Gasteiger partial charge is 0.481 e. The molecule has 1 saturated carbocycles. The molecule has 0 heterocycles. The minimum Gasteiger partial charge on any atom is -0.481 e. The molecule has 0 radical (unpaired) electrons. The van der Waals surface area contributed by atoms with Crippen molar-refractivity contribution in [1.82, 2.24) is 4.90 Å². The van der Waals surface area contributed by atoms with Crippen LogP contribution >= 0.6 is 0 Å². The van der Waals surface area contributed by atoms with Gasteiger partial charge >= 0.3 is 5.97 Å². The second-order valence-corrected chi connectivity index (χ2v) is 5.75. The number of hydrogen-bond acceptors (Lipinski definition) is 3. The fourth-order valence-corrected chi connectivity index (χ4v) is 3.45. The van der Waals surface area contributed by atoms with Crippen molar-refractivity contribution in [3.05, 3.63) is 12.2 Å². The molecule has 2 aliphatic carbocycles. The van der Waals surface area contributed by atoms with E-state index < -0.39 is 17.8 Å². The summed E-state index contributed by atoms with van der Waals surface area (Å²) in [5.74, 6) is -2.28. The van der Waals surface area contributed by atoms with Gasteiger partial charge in [0.1, 0.15) is 0 Å². The van der Waals surface area contributed by atoms with E-state index in [0.717, 1.165) is 6.42 Å². The van der Waals surface area contributed by atoms with Gasteiger partial charge in [0.05, 0.1) is 23.8 Å². The Bertz CT molecular complexity index is 480. The number of carboxylic acid groups (broad SMARTS) is 1. The summed E-state index contributed by atoms with van der Waals surface area (Å²) in [7, 11) is 0. The second kappa shape index (κ2) is 5.66. The lowest BCUT2D eigenvalue weighted by Crippen LogP contribution is -2.44. The van der Waals surface area contributed by atoms with Gasteiger partial charge in [-0.05, 0) is 32.1 Å². The molecule has 0 aliphatic heterocycles. The van der Waals surface area contributed by atoms with Gasteiger partial charge in [-0.25, -0.2) is 0 Å². The zero-order valence-corrected chi connectivity index (χ0v) is 11.8. The summed E-state index contributed by atoms with van der Waals surface area (Å²) in [6.07, 6.45) is 4.67. The van der Waals surface area contributed by atoms with Crippen LogP contribution in [0, 0.1) is 40.9 Å². The van der Waals surface area contributed by atoms with E-state index in [-0.39, 0.29) is 23.7 Å². The van der Waals surface area contributed by atoms with E-state index in [0.29, 0.717) is 13.1 Å². The molecule has 2 rings (SSSR count). The van der Waals surface area contributed by atoms with Crippen LogP contribution in [0.4, 0.5) is 0 Å². The molecular weight excluding hydrogens is 256 g/mol. The molecular formula is C15H20N2O3. The number of carbonyl (C=O) groups is 2. The van der Waals surface area contributed by atoms with Crippen molar-refractivity contribution < 1.29 is 14.7 Å². The standard InChI is InChI=1S/C15H20N2O3/c1-3-17(8-9(2)7-16)14(18)12-10-4-5-11(6-10)13(12)15(19)20/h4-5,9-13H,3,6,8H2,1-2H3,(H,19,20). The topological polar surface area (TPSA) is 81.4 Å². The number of amides is 1. The molecule has 0 aromatic rings. The van der Waals surface area contributed by atoms with E-state index in [1.165, 1.54) is 0 Å². The Balaban J connectivity index is 2.16. The second-order valence-electron chi connectivity index (χ2n) is 5.75. The number of nitrogens with zero attached hydrogens (tertiary/aromatic N) is 2. The van der Waals surface area contributed by atoms with Crippen molar-refractivity contribution in [3.8, 4) is 6.07 Å². The fraction of sp³-hybridized carbons (Fsp3) is 0.667. The minimum atomic E-state index is -0.885. The first-order valence-corrected chi connectivity index (χ1v) is 7.09. The lowest BCUT2D eigenvalue weighted by atomic mass is 9.82. The average Bonchev–Trinajstić information content (AvgIpc) is 3.03. The summed E-state index contributed by atoms with van der Waals surface area (Å²) in [4.78, 5) is 25.7. The van der Waals surface area contributed by atoms with Crippen molar-refractivity contribution >= 4 is 11.9 Å². The van der Waals surface area contributed by atoms with Crippen molar-refractivity contribution in [2.75, 3.05) is 13.1 Å². The number of carbonyl (C=O) groups excluding carboxylic acids is 1. The van der Waals surface area contributed by atoms with Crippen LogP contribution in [0.3, 0.4) is 0 Å². The van der Waals surface area contributed by atoms with Crippen LogP contribution in [0.25, 0.3) is 0 Å². The minimum absolute atomic E-state index is 0.0152. The zero-order chi connectivity index (χ0) is 14.9. The van der Waals surface area contributed by atoms with E-state index in [9.17, 15) is 14.7 Å². The van der Waals surface area contributed by atoms with E-state index >= 15 is 0 Å². The Morgan fingerprint density at radius 3 is 2.50 bits per heavy atom. The van der Waals surface area contributed by atoms with Gasteiger partial charge in [-0.3, -0.25) is 9.59 Å². The molecule has 20 heavy (non-hydrogen) atoms. The van der Waals surface area contributed by atoms with Crippen molar-refractivity contribution in [2.24, 2.45) is 29.6 Å². The summed E-state index contributed by atoms with van der Waals surface area (Å²) < 4.78 is 0. The molecule has 0 aromatic carbocycles. The van der Waals surface area contributed by atoms with Gasteiger partial charge in [0, 0.05) is 13.1 Å². The molecule has 108 valence electrons. The molecule has 1 fully saturated rings. The molecule has 5 heteroatoms. The maximum absolute atomic E-state index is 12.7. The van der Waals surface area contributed by atoms with Crippen LogP contribution in [-0.4, -0.2) is 35.0 Å². The molecule has 0 spiro atoms. The van der Waals surface area contributed by atoms with Gasteiger partial charge < -0.3 is 10.0 Å². The SMILES string of the molecule is CCN(CC(C)C#N)C(=O)C1C2C=CC(C2)C1C(=O)O. The number of nitriles is 1. The predicted octanol–water partition coefficient (Wildman–Crippen LogP) is 1.52. The summed E-state index contributed by atoms with van der Waals surface area (Å²) >= 11 is 0. The average molecular weight is 276 g/mol. The Hall–Kier alpha value is -1.83. The summed E-state index contributed by atoms with van der Waals surface area (Å²) in [5, 5.41) is 18.3. The van der Waals surface area contributed by atoms with Crippen LogP contribution in [0.5, 0.6) is 0 Å². The highest BCUT2D eigenvalue weighted by atomic mass is 16.4. The maximum Gasteiger partial charge on any atom is 0.307 e. The normalized spacial score (nSPS) is 31.9.